The molecule has 0 radical (unpaired) electrons. The molecule has 2 heterocycles. The lowest BCUT2D eigenvalue weighted by Crippen LogP contribution is -2.24. The lowest BCUT2D eigenvalue weighted by Gasteiger charge is -2.21. The Morgan fingerprint density at radius 2 is 1.71 bits per heavy atom. The van der Waals surface area contributed by atoms with Crippen LogP contribution in [-0.2, 0) is 9.59 Å². The Balaban J connectivity index is 1.33. The third-order valence-corrected chi connectivity index (χ3v) is 5.22. The molecule has 146 valence electrons. The van der Waals surface area contributed by atoms with Gasteiger partial charge >= 0.3 is 0 Å². The van der Waals surface area contributed by atoms with Crippen LogP contribution in [0.15, 0.2) is 48.5 Å². The van der Waals surface area contributed by atoms with Crippen molar-refractivity contribution in [2.45, 2.75) is 25.7 Å². The van der Waals surface area contributed by atoms with Crippen molar-refractivity contribution < 1.29 is 14.3 Å². The molecule has 0 atom stereocenters. The van der Waals surface area contributed by atoms with Crippen LogP contribution in [-0.4, -0.2) is 38.1 Å². The molecule has 2 aromatic rings. The Morgan fingerprint density at radius 3 is 2.43 bits per heavy atom. The number of hydrogen-bond donors (Lipinski definition) is 1. The first kappa shape index (κ1) is 18.3. The Morgan fingerprint density at radius 1 is 0.964 bits per heavy atom. The molecule has 6 nitrogen and oxygen atoms in total. The first-order chi connectivity index (χ1) is 13.7. The van der Waals surface area contributed by atoms with E-state index in [1.807, 2.05) is 36.4 Å². The maximum absolute atomic E-state index is 12.4. The minimum atomic E-state index is -0.189. The summed E-state index contributed by atoms with van der Waals surface area (Å²) in [5.41, 5.74) is 2.76. The molecule has 2 aliphatic heterocycles. The second-order valence-corrected chi connectivity index (χ2v) is 7.19. The first-order valence-corrected chi connectivity index (χ1v) is 9.88. The molecule has 2 amide bonds. The van der Waals surface area contributed by atoms with E-state index in [-0.39, 0.29) is 18.4 Å². The molecule has 2 saturated heterocycles. The SMILES string of the molecule is O=C(COc1ccc(N2CCCC2=O)cc1)Nc1ccccc1N1CCCC1. The molecule has 2 fully saturated rings. The van der Waals surface area contributed by atoms with Crippen LogP contribution in [0.4, 0.5) is 17.1 Å². The molecule has 2 aliphatic rings. The first-order valence-electron chi connectivity index (χ1n) is 9.88. The summed E-state index contributed by atoms with van der Waals surface area (Å²) in [5.74, 6) is 0.577. The van der Waals surface area contributed by atoms with Crippen LogP contribution in [0.2, 0.25) is 0 Å². The van der Waals surface area contributed by atoms with Crippen molar-refractivity contribution in [1.82, 2.24) is 0 Å². The summed E-state index contributed by atoms with van der Waals surface area (Å²) in [5, 5.41) is 2.96. The van der Waals surface area contributed by atoms with E-state index in [1.54, 1.807) is 17.0 Å². The number of para-hydroxylation sites is 2. The average molecular weight is 379 g/mol. The van der Waals surface area contributed by atoms with Crippen LogP contribution in [0.5, 0.6) is 5.75 Å². The van der Waals surface area contributed by atoms with Crippen molar-refractivity contribution in [1.29, 1.82) is 0 Å². The fraction of sp³-hybridized carbons (Fsp3) is 0.364. The summed E-state index contributed by atoms with van der Waals surface area (Å²) in [6.07, 6.45) is 3.88. The van der Waals surface area contributed by atoms with Crippen LogP contribution in [0.25, 0.3) is 0 Å². The van der Waals surface area contributed by atoms with Crippen LogP contribution in [0.1, 0.15) is 25.7 Å². The van der Waals surface area contributed by atoms with Crippen LogP contribution in [0, 0.1) is 0 Å². The highest BCUT2D eigenvalue weighted by atomic mass is 16.5. The van der Waals surface area contributed by atoms with Crippen molar-refractivity contribution in [3.63, 3.8) is 0 Å². The summed E-state index contributed by atoms with van der Waals surface area (Å²) >= 11 is 0. The highest BCUT2D eigenvalue weighted by Gasteiger charge is 2.21. The van der Waals surface area contributed by atoms with Gasteiger partial charge in [-0.3, -0.25) is 9.59 Å². The number of nitrogens with zero attached hydrogens (tertiary/aromatic N) is 2. The van der Waals surface area contributed by atoms with E-state index in [4.69, 9.17) is 4.74 Å². The van der Waals surface area contributed by atoms with E-state index < -0.39 is 0 Å². The fourth-order valence-electron chi connectivity index (χ4n) is 3.79. The van der Waals surface area contributed by atoms with Gasteiger partial charge in [-0.2, -0.15) is 0 Å². The topological polar surface area (TPSA) is 61.9 Å². The summed E-state index contributed by atoms with van der Waals surface area (Å²) in [4.78, 5) is 28.3. The van der Waals surface area contributed by atoms with E-state index in [0.717, 1.165) is 43.1 Å². The zero-order valence-corrected chi connectivity index (χ0v) is 15.9. The van der Waals surface area contributed by atoms with Gasteiger partial charge in [-0.05, 0) is 55.7 Å². The van der Waals surface area contributed by atoms with Crippen molar-refractivity contribution >= 4 is 28.9 Å². The molecule has 0 aromatic heterocycles. The Hall–Kier alpha value is -3.02. The third-order valence-electron chi connectivity index (χ3n) is 5.22. The van der Waals surface area contributed by atoms with E-state index in [9.17, 15) is 9.59 Å². The van der Waals surface area contributed by atoms with Crippen molar-refractivity contribution in [3.8, 4) is 5.75 Å². The molecule has 0 aliphatic carbocycles. The predicted octanol–water partition coefficient (Wildman–Crippen LogP) is 3.43. The number of hydrogen-bond acceptors (Lipinski definition) is 4. The van der Waals surface area contributed by atoms with Crippen LogP contribution < -0.4 is 19.9 Å². The Labute approximate surface area is 165 Å². The standard InChI is InChI=1S/C22H25N3O3/c26-21(23-19-6-1-2-7-20(19)24-13-3-4-14-24)16-28-18-11-9-17(10-12-18)25-15-5-8-22(25)27/h1-2,6-7,9-12H,3-5,8,13-16H2,(H,23,26). The fourth-order valence-corrected chi connectivity index (χ4v) is 3.79. The minimum Gasteiger partial charge on any atom is -0.484 e. The molecular weight excluding hydrogens is 354 g/mol. The minimum absolute atomic E-state index is 0.0592. The number of benzene rings is 2. The lowest BCUT2D eigenvalue weighted by molar-refractivity contribution is -0.118. The van der Waals surface area contributed by atoms with Gasteiger partial charge in [0.2, 0.25) is 5.91 Å². The predicted molar refractivity (Wildman–Crippen MR) is 110 cm³/mol. The number of carbonyl (C=O) groups excluding carboxylic acids is 2. The van der Waals surface area contributed by atoms with Gasteiger partial charge in [-0.1, -0.05) is 12.1 Å². The lowest BCUT2D eigenvalue weighted by atomic mass is 10.2. The largest absolute Gasteiger partial charge is 0.484 e. The number of rotatable bonds is 6. The molecule has 0 unspecified atom stereocenters. The number of amides is 2. The van der Waals surface area contributed by atoms with Gasteiger partial charge in [0.1, 0.15) is 5.75 Å². The molecule has 4 rings (SSSR count). The van der Waals surface area contributed by atoms with Gasteiger partial charge in [-0.15, -0.1) is 0 Å². The number of anilines is 3. The summed E-state index contributed by atoms with van der Waals surface area (Å²) in [7, 11) is 0. The Kier molecular flexibility index (Phi) is 5.46. The maximum Gasteiger partial charge on any atom is 0.262 e. The van der Waals surface area contributed by atoms with Crippen molar-refractivity contribution in [2.75, 3.05) is 41.4 Å². The molecule has 28 heavy (non-hydrogen) atoms. The summed E-state index contributed by atoms with van der Waals surface area (Å²) in [6.45, 7) is 2.75. The van der Waals surface area contributed by atoms with Gasteiger partial charge in [0.15, 0.2) is 6.61 Å². The third kappa shape index (κ3) is 4.11. The van der Waals surface area contributed by atoms with Crippen molar-refractivity contribution in [3.05, 3.63) is 48.5 Å². The highest BCUT2D eigenvalue weighted by Crippen LogP contribution is 2.28. The van der Waals surface area contributed by atoms with Gasteiger partial charge in [0.05, 0.1) is 11.4 Å². The van der Waals surface area contributed by atoms with Crippen molar-refractivity contribution in [2.24, 2.45) is 0 Å². The normalized spacial score (nSPS) is 16.5. The molecule has 0 bridgehead atoms. The molecule has 1 N–H and O–H groups in total. The van der Waals surface area contributed by atoms with Gasteiger partial charge in [-0.25, -0.2) is 0 Å². The monoisotopic (exact) mass is 379 g/mol. The average Bonchev–Trinajstić information content (AvgIpc) is 3.39. The molecule has 0 saturated carbocycles. The number of ether oxygens (including phenoxy) is 1. The number of carbonyl (C=O) groups is 2. The van der Waals surface area contributed by atoms with Crippen LogP contribution in [0.3, 0.4) is 0 Å². The molecule has 6 heteroatoms. The summed E-state index contributed by atoms with van der Waals surface area (Å²) < 4.78 is 5.62. The molecule has 2 aromatic carbocycles. The Bertz CT molecular complexity index is 844. The molecular formula is C22H25N3O3. The molecule has 0 spiro atoms. The second kappa shape index (κ2) is 8.33. The second-order valence-electron chi connectivity index (χ2n) is 7.19. The van der Waals surface area contributed by atoms with E-state index >= 15 is 0 Å². The van der Waals surface area contributed by atoms with Gasteiger partial charge in [0.25, 0.3) is 5.91 Å². The quantitative estimate of drug-likeness (QED) is 0.835. The van der Waals surface area contributed by atoms with E-state index in [2.05, 4.69) is 10.2 Å². The van der Waals surface area contributed by atoms with Gasteiger partial charge in [0, 0.05) is 31.7 Å². The summed E-state index contributed by atoms with van der Waals surface area (Å²) in [6, 6.07) is 15.2. The maximum atomic E-state index is 12.4. The van der Waals surface area contributed by atoms with E-state index in [0.29, 0.717) is 12.2 Å². The smallest absolute Gasteiger partial charge is 0.262 e. The van der Waals surface area contributed by atoms with Gasteiger partial charge < -0.3 is 19.9 Å². The number of nitrogens with one attached hydrogen (secondary N) is 1. The zero-order valence-electron chi connectivity index (χ0n) is 15.9. The van der Waals surface area contributed by atoms with Crippen LogP contribution >= 0.6 is 0 Å². The van der Waals surface area contributed by atoms with E-state index in [1.165, 1.54) is 12.8 Å². The zero-order chi connectivity index (χ0) is 19.3. The highest BCUT2D eigenvalue weighted by molar-refractivity contribution is 5.96.